The van der Waals surface area contributed by atoms with Crippen molar-refractivity contribution < 1.29 is 9.59 Å². The third-order valence-electron chi connectivity index (χ3n) is 7.25. The van der Waals surface area contributed by atoms with Gasteiger partial charge < -0.3 is 4.90 Å². The van der Waals surface area contributed by atoms with E-state index in [0.29, 0.717) is 23.5 Å². The minimum Gasteiger partial charge on any atom is -0.353 e. The van der Waals surface area contributed by atoms with Crippen molar-refractivity contribution in [2.45, 2.75) is 25.7 Å². The summed E-state index contributed by atoms with van der Waals surface area (Å²) in [5.74, 6) is 1.93. The zero-order chi connectivity index (χ0) is 20.7. The summed E-state index contributed by atoms with van der Waals surface area (Å²) in [4.78, 5) is 40.2. The summed E-state index contributed by atoms with van der Waals surface area (Å²) in [5, 5.41) is 0.421. The topological polar surface area (TPSA) is 69.6 Å². The molecule has 0 bridgehead atoms. The fraction of sp³-hybridized carbons (Fsp3) is 0.636. The predicted molar refractivity (Wildman–Crippen MR) is 114 cm³/mol. The molecule has 2 saturated heterocycles. The van der Waals surface area contributed by atoms with Gasteiger partial charge in [-0.05, 0) is 44.1 Å². The molecule has 7 nitrogen and oxygen atoms in total. The van der Waals surface area contributed by atoms with Crippen LogP contribution in [0.4, 0.5) is 5.82 Å². The first-order valence-electron chi connectivity index (χ1n) is 11.1. The molecule has 0 aromatic carbocycles. The van der Waals surface area contributed by atoms with Crippen LogP contribution >= 0.6 is 11.6 Å². The summed E-state index contributed by atoms with van der Waals surface area (Å²) in [5.41, 5.74) is 0. The average molecular weight is 430 g/mol. The van der Waals surface area contributed by atoms with Crippen LogP contribution in [-0.2, 0) is 9.59 Å². The van der Waals surface area contributed by atoms with Crippen LogP contribution in [0.2, 0.25) is 5.15 Å². The molecule has 1 aromatic heterocycles. The predicted octanol–water partition coefficient (Wildman–Crippen LogP) is 2.23. The van der Waals surface area contributed by atoms with Crippen LogP contribution in [0.15, 0.2) is 24.5 Å². The number of rotatable bonds is 6. The Bertz CT molecular complexity index is 822. The lowest BCUT2D eigenvalue weighted by Gasteiger charge is -2.38. The van der Waals surface area contributed by atoms with Crippen molar-refractivity contribution in [2.75, 3.05) is 44.2 Å². The summed E-state index contributed by atoms with van der Waals surface area (Å²) in [6, 6.07) is 0. The Morgan fingerprint density at radius 3 is 2.13 bits per heavy atom. The van der Waals surface area contributed by atoms with E-state index in [1.165, 1.54) is 0 Å². The maximum absolute atomic E-state index is 12.8. The van der Waals surface area contributed by atoms with E-state index in [1.54, 1.807) is 17.3 Å². The van der Waals surface area contributed by atoms with Gasteiger partial charge in [-0.1, -0.05) is 23.8 Å². The van der Waals surface area contributed by atoms with E-state index in [1.807, 2.05) is 0 Å². The zero-order valence-corrected chi connectivity index (χ0v) is 17.9. The second-order valence-electron chi connectivity index (χ2n) is 8.96. The van der Waals surface area contributed by atoms with Gasteiger partial charge in [0.05, 0.1) is 24.2 Å². The molecule has 1 aromatic rings. The van der Waals surface area contributed by atoms with E-state index < -0.39 is 0 Å². The molecule has 5 rings (SSSR count). The first-order chi connectivity index (χ1) is 14.6. The lowest BCUT2D eigenvalue weighted by atomic mass is 9.64. The fourth-order valence-corrected chi connectivity index (χ4v) is 5.56. The Morgan fingerprint density at radius 1 is 0.900 bits per heavy atom. The third-order valence-corrected chi connectivity index (χ3v) is 7.44. The van der Waals surface area contributed by atoms with Gasteiger partial charge in [0.25, 0.3) is 0 Å². The van der Waals surface area contributed by atoms with Crippen LogP contribution in [0.25, 0.3) is 0 Å². The number of nitrogens with zero attached hydrogens (tertiary/aromatic N) is 5. The van der Waals surface area contributed by atoms with E-state index in [9.17, 15) is 9.59 Å². The van der Waals surface area contributed by atoms with Crippen LogP contribution < -0.4 is 4.90 Å². The van der Waals surface area contributed by atoms with Crippen molar-refractivity contribution in [2.24, 2.45) is 23.7 Å². The molecule has 4 atom stereocenters. The van der Waals surface area contributed by atoms with Gasteiger partial charge in [-0.3, -0.25) is 24.4 Å². The van der Waals surface area contributed by atoms with Crippen molar-refractivity contribution in [3.05, 3.63) is 29.7 Å². The molecule has 0 spiro atoms. The second-order valence-corrected chi connectivity index (χ2v) is 9.35. The number of amides is 2. The number of carbonyl (C=O) groups is 2. The number of hydrogen-bond acceptors (Lipinski definition) is 6. The van der Waals surface area contributed by atoms with E-state index in [0.717, 1.165) is 64.2 Å². The van der Waals surface area contributed by atoms with Gasteiger partial charge in [0, 0.05) is 32.7 Å². The highest BCUT2D eigenvalue weighted by atomic mass is 35.5. The Labute approximate surface area is 182 Å². The number of aromatic nitrogens is 2. The summed E-state index contributed by atoms with van der Waals surface area (Å²) in [6.07, 6.45) is 11.3. The maximum Gasteiger partial charge on any atom is 0.233 e. The lowest BCUT2D eigenvalue weighted by Crippen LogP contribution is -2.47. The number of fused-ring (bicyclic) bond motifs is 2. The molecular weight excluding hydrogens is 402 g/mol. The van der Waals surface area contributed by atoms with Crippen LogP contribution in [-0.4, -0.2) is 70.9 Å². The van der Waals surface area contributed by atoms with E-state index in [-0.39, 0.29) is 23.7 Å². The molecule has 30 heavy (non-hydrogen) atoms. The molecule has 8 heteroatoms. The first-order valence-corrected chi connectivity index (χ1v) is 11.5. The maximum atomic E-state index is 12.8. The molecule has 4 unspecified atom stereocenters. The number of unbranched alkanes of at least 4 members (excludes halogenated alkanes) is 1. The second kappa shape index (κ2) is 8.27. The van der Waals surface area contributed by atoms with Gasteiger partial charge in [0.15, 0.2) is 0 Å². The van der Waals surface area contributed by atoms with Crippen molar-refractivity contribution in [1.29, 1.82) is 0 Å². The van der Waals surface area contributed by atoms with E-state index in [2.05, 4.69) is 31.9 Å². The molecule has 3 heterocycles. The van der Waals surface area contributed by atoms with Crippen LogP contribution in [0.1, 0.15) is 25.7 Å². The molecule has 3 fully saturated rings. The number of carbonyl (C=O) groups excluding carboxylic acids is 2. The molecule has 0 N–H and O–H groups in total. The smallest absolute Gasteiger partial charge is 0.233 e. The number of halogens is 1. The number of allylic oxidation sites excluding steroid dienone is 2. The minimum atomic E-state index is -0.0635. The molecule has 160 valence electrons. The molecule has 1 saturated carbocycles. The van der Waals surface area contributed by atoms with Gasteiger partial charge in [-0.15, -0.1) is 0 Å². The van der Waals surface area contributed by atoms with Gasteiger partial charge in [0.2, 0.25) is 11.8 Å². The quantitative estimate of drug-likeness (QED) is 0.392. The summed E-state index contributed by atoms with van der Waals surface area (Å²) in [6.45, 7) is 5.30. The largest absolute Gasteiger partial charge is 0.353 e. The fourth-order valence-electron chi connectivity index (χ4n) is 5.41. The van der Waals surface area contributed by atoms with Gasteiger partial charge in [-0.25, -0.2) is 4.98 Å². The monoisotopic (exact) mass is 429 g/mol. The molecule has 2 amide bonds. The van der Waals surface area contributed by atoms with Crippen molar-refractivity contribution in [3.8, 4) is 0 Å². The summed E-state index contributed by atoms with van der Waals surface area (Å²) < 4.78 is 0. The molecule has 4 aliphatic rings. The van der Waals surface area contributed by atoms with E-state index >= 15 is 0 Å². The average Bonchev–Trinajstić information content (AvgIpc) is 2.96. The van der Waals surface area contributed by atoms with Crippen LogP contribution in [0.3, 0.4) is 0 Å². The zero-order valence-electron chi connectivity index (χ0n) is 17.1. The summed E-state index contributed by atoms with van der Waals surface area (Å²) >= 11 is 5.94. The van der Waals surface area contributed by atoms with Gasteiger partial charge in [-0.2, -0.15) is 0 Å². The number of imide groups is 1. The van der Waals surface area contributed by atoms with Crippen molar-refractivity contribution in [3.63, 3.8) is 0 Å². The first kappa shape index (κ1) is 19.9. The molecule has 0 radical (unpaired) electrons. The third kappa shape index (κ3) is 3.73. The Kier molecular flexibility index (Phi) is 5.50. The highest BCUT2D eigenvalue weighted by Gasteiger charge is 2.52. The Morgan fingerprint density at radius 2 is 1.53 bits per heavy atom. The number of likely N-dealkylation sites (tertiary alicyclic amines) is 1. The van der Waals surface area contributed by atoms with Crippen LogP contribution in [0.5, 0.6) is 0 Å². The molecule has 2 aliphatic heterocycles. The SMILES string of the molecule is O=C1C2CC3C=CC3CC2C(=O)N1CCCCN1CCN(c2cncc(Cl)n2)CC1. The van der Waals surface area contributed by atoms with Gasteiger partial charge in [0.1, 0.15) is 11.0 Å². The van der Waals surface area contributed by atoms with Crippen molar-refractivity contribution in [1.82, 2.24) is 19.8 Å². The standard InChI is InChI=1S/C22H28ClN5O2/c23-19-13-24-14-20(25-19)27-9-7-26(8-10-27)5-1-2-6-28-21(29)17-11-15-3-4-16(15)12-18(17)22(28)30/h3-4,13-18H,1-2,5-12H2. The van der Waals surface area contributed by atoms with E-state index in [4.69, 9.17) is 11.6 Å². The normalized spacial score (nSPS) is 31.0. The number of anilines is 1. The Balaban J connectivity index is 1.05. The number of piperazine rings is 1. The summed E-state index contributed by atoms with van der Waals surface area (Å²) in [7, 11) is 0. The molecule has 2 aliphatic carbocycles. The Hall–Kier alpha value is -1.99. The highest BCUT2D eigenvalue weighted by Crippen LogP contribution is 2.48. The number of hydrogen-bond donors (Lipinski definition) is 0. The van der Waals surface area contributed by atoms with Crippen LogP contribution in [0, 0.1) is 23.7 Å². The highest BCUT2D eigenvalue weighted by molar-refractivity contribution is 6.29. The van der Waals surface area contributed by atoms with Crippen molar-refractivity contribution >= 4 is 29.2 Å². The van der Waals surface area contributed by atoms with Gasteiger partial charge >= 0.3 is 0 Å². The minimum absolute atomic E-state index is 0.0635. The lowest BCUT2D eigenvalue weighted by molar-refractivity contribution is -0.140. The molecular formula is C22H28ClN5O2.